The number of aryl methyl sites for hydroxylation is 1. The van der Waals surface area contributed by atoms with Crippen molar-refractivity contribution in [1.29, 1.82) is 0 Å². The molecule has 0 aliphatic carbocycles. The van der Waals surface area contributed by atoms with Crippen LogP contribution in [0, 0.1) is 5.82 Å². The van der Waals surface area contributed by atoms with Crippen molar-refractivity contribution in [2.75, 3.05) is 6.61 Å². The third-order valence-electron chi connectivity index (χ3n) is 5.98. The fraction of sp³-hybridized carbons (Fsp3) is 0.192. The number of ketones is 1. The largest absolute Gasteiger partial charge is 0.507 e. The summed E-state index contributed by atoms with van der Waals surface area (Å²) in [5.74, 6) is -1.83. The van der Waals surface area contributed by atoms with E-state index in [0.717, 1.165) is 24.2 Å². The lowest BCUT2D eigenvalue weighted by atomic mass is 9.93. The van der Waals surface area contributed by atoms with Crippen LogP contribution >= 0.6 is 0 Å². The number of hydrogen-bond acceptors (Lipinski definition) is 5. The van der Waals surface area contributed by atoms with Crippen LogP contribution in [-0.4, -0.2) is 33.3 Å². The number of hydrogen-bond donors (Lipinski definition) is 1. The monoisotopic (exact) mass is 444 g/mol. The molecule has 1 unspecified atom stereocenters. The zero-order valence-corrected chi connectivity index (χ0v) is 17.7. The van der Waals surface area contributed by atoms with E-state index in [-0.39, 0.29) is 23.4 Å². The quantitative estimate of drug-likeness (QED) is 0.371. The summed E-state index contributed by atoms with van der Waals surface area (Å²) in [5.41, 5.74) is 1.84. The van der Waals surface area contributed by atoms with Gasteiger partial charge in [-0.05, 0) is 54.8 Å². The molecule has 0 radical (unpaired) electrons. The topological polar surface area (TPSA) is 79.7 Å². The summed E-state index contributed by atoms with van der Waals surface area (Å²) in [4.78, 5) is 31.7. The number of ether oxygens (including phenoxy) is 1. The zero-order valence-electron chi connectivity index (χ0n) is 17.7. The van der Waals surface area contributed by atoms with Gasteiger partial charge in [-0.1, -0.05) is 24.3 Å². The molecule has 2 aliphatic heterocycles. The Morgan fingerprint density at radius 1 is 1.12 bits per heavy atom. The van der Waals surface area contributed by atoms with Gasteiger partial charge in [0.25, 0.3) is 11.7 Å². The summed E-state index contributed by atoms with van der Waals surface area (Å²) in [6, 6.07) is 15.3. The summed E-state index contributed by atoms with van der Waals surface area (Å²) in [6.07, 6.45) is 3.21. The number of aromatic nitrogens is 1. The molecule has 166 valence electrons. The highest BCUT2D eigenvalue weighted by Gasteiger charge is 2.47. The molecular formula is C26H21FN2O4. The molecule has 1 amide bonds. The molecule has 6 nitrogen and oxygen atoms in total. The fourth-order valence-corrected chi connectivity index (χ4v) is 4.39. The molecule has 2 aromatic carbocycles. The third kappa shape index (κ3) is 3.75. The van der Waals surface area contributed by atoms with Gasteiger partial charge in [-0.2, -0.15) is 0 Å². The molecule has 1 fully saturated rings. The summed E-state index contributed by atoms with van der Waals surface area (Å²) in [7, 11) is 0. The Kier molecular flexibility index (Phi) is 5.38. The van der Waals surface area contributed by atoms with E-state index >= 15 is 0 Å². The van der Waals surface area contributed by atoms with Crippen molar-refractivity contribution >= 4 is 17.4 Å². The molecule has 3 heterocycles. The van der Waals surface area contributed by atoms with E-state index in [9.17, 15) is 19.1 Å². The summed E-state index contributed by atoms with van der Waals surface area (Å²) in [5, 5.41) is 11.2. The van der Waals surface area contributed by atoms with E-state index in [1.165, 1.54) is 23.1 Å². The number of nitrogens with zero attached hydrogens (tertiary/aromatic N) is 2. The van der Waals surface area contributed by atoms with E-state index in [1.807, 2.05) is 0 Å². The highest BCUT2D eigenvalue weighted by Crippen LogP contribution is 2.41. The van der Waals surface area contributed by atoms with Gasteiger partial charge in [0.1, 0.15) is 17.3 Å². The standard InChI is InChI=1S/C26H21FN2O4/c27-20-9-2-1-8-19(20)23-22(24(30)17-10-11-21-16(14-17)6-5-13-33-21)25(31)26(32)29(23)15-18-7-3-4-12-28-18/h1-4,7-12,14,23,30H,5-6,13,15H2/b24-22+. The van der Waals surface area contributed by atoms with Crippen LogP contribution in [0.2, 0.25) is 0 Å². The first kappa shape index (κ1) is 20.9. The molecule has 1 saturated heterocycles. The number of fused-ring (bicyclic) bond motifs is 1. The summed E-state index contributed by atoms with van der Waals surface area (Å²) < 4.78 is 20.5. The van der Waals surface area contributed by atoms with Gasteiger partial charge in [0, 0.05) is 17.3 Å². The number of aliphatic hydroxyl groups excluding tert-OH is 1. The van der Waals surface area contributed by atoms with E-state index in [2.05, 4.69) is 4.98 Å². The molecule has 0 bridgehead atoms. The number of rotatable bonds is 4. The van der Waals surface area contributed by atoms with Crippen molar-refractivity contribution in [1.82, 2.24) is 9.88 Å². The van der Waals surface area contributed by atoms with E-state index in [0.29, 0.717) is 17.9 Å². The van der Waals surface area contributed by atoms with Gasteiger partial charge in [-0.25, -0.2) is 4.39 Å². The van der Waals surface area contributed by atoms with Crippen molar-refractivity contribution < 1.29 is 23.8 Å². The summed E-state index contributed by atoms with van der Waals surface area (Å²) >= 11 is 0. The highest BCUT2D eigenvalue weighted by atomic mass is 19.1. The Morgan fingerprint density at radius 2 is 1.94 bits per heavy atom. The van der Waals surface area contributed by atoms with Crippen LogP contribution < -0.4 is 4.74 Å². The number of Topliss-reactive ketones (excluding diaryl/α,β-unsaturated/α-hetero) is 1. The number of amides is 1. The van der Waals surface area contributed by atoms with Crippen LogP contribution in [0.15, 0.2) is 72.4 Å². The molecule has 1 aromatic heterocycles. The van der Waals surface area contributed by atoms with E-state index in [1.54, 1.807) is 48.7 Å². The van der Waals surface area contributed by atoms with Gasteiger partial charge < -0.3 is 14.7 Å². The Hall–Kier alpha value is -4.00. The number of pyridine rings is 1. The number of carbonyl (C=O) groups excluding carboxylic acids is 2. The molecule has 1 atom stereocenters. The SMILES string of the molecule is O=C1C(=O)N(Cc2ccccn2)C(c2ccccc2F)/C1=C(\O)c1ccc2c(c1)CCCO2. The van der Waals surface area contributed by atoms with Crippen molar-refractivity contribution in [2.24, 2.45) is 0 Å². The van der Waals surface area contributed by atoms with Crippen molar-refractivity contribution in [3.63, 3.8) is 0 Å². The van der Waals surface area contributed by atoms with Crippen LogP contribution in [-0.2, 0) is 22.6 Å². The van der Waals surface area contributed by atoms with Gasteiger partial charge in [-0.3, -0.25) is 14.6 Å². The lowest BCUT2D eigenvalue weighted by Crippen LogP contribution is -2.30. The van der Waals surface area contributed by atoms with Crippen molar-refractivity contribution in [3.8, 4) is 5.75 Å². The first-order chi connectivity index (χ1) is 16.0. The Bertz CT molecular complexity index is 1270. The molecule has 5 rings (SSSR count). The van der Waals surface area contributed by atoms with E-state index < -0.39 is 23.5 Å². The summed E-state index contributed by atoms with van der Waals surface area (Å²) in [6.45, 7) is 0.628. The number of benzene rings is 2. The lowest BCUT2D eigenvalue weighted by Gasteiger charge is -2.25. The molecule has 3 aromatic rings. The normalized spacial score (nSPS) is 19.3. The smallest absolute Gasteiger partial charge is 0.296 e. The second-order valence-corrected chi connectivity index (χ2v) is 8.04. The predicted molar refractivity (Wildman–Crippen MR) is 119 cm³/mol. The minimum atomic E-state index is -1.08. The maximum Gasteiger partial charge on any atom is 0.296 e. The number of carbonyl (C=O) groups is 2. The van der Waals surface area contributed by atoms with Gasteiger partial charge in [0.05, 0.1) is 30.5 Å². The zero-order chi connectivity index (χ0) is 22.9. The fourth-order valence-electron chi connectivity index (χ4n) is 4.39. The highest BCUT2D eigenvalue weighted by molar-refractivity contribution is 6.46. The molecule has 1 N–H and O–H groups in total. The van der Waals surface area contributed by atoms with Crippen LogP contribution in [0.25, 0.3) is 5.76 Å². The maximum absolute atomic E-state index is 14.9. The molecular weight excluding hydrogens is 423 g/mol. The number of halogens is 1. The van der Waals surface area contributed by atoms with Gasteiger partial charge in [0.2, 0.25) is 0 Å². The first-order valence-electron chi connectivity index (χ1n) is 10.7. The van der Waals surface area contributed by atoms with Crippen molar-refractivity contribution in [3.05, 3.63) is 101 Å². The second kappa shape index (κ2) is 8.50. The average Bonchev–Trinajstić information content (AvgIpc) is 3.09. The van der Waals surface area contributed by atoms with Crippen LogP contribution in [0.3, 0.4) is 0 Å². The minimum Gasteiger partial charge on any atom is -0.507 e. The average molecular weight is 444 g/mol. The molecule has 0 spiro atoms. The Balaban J connectivity index is 1.65. The van der Waals surface area contributed by atoms with Crippen LogP contribution in [0.4, 0.5) is 4.39 Å². The van der Waals surface area contributed by atoms with Gasteiger partial charge in [0.15, 0.2) is 0 Å². The third-order valence-corrected chi connectivity index (χ3v) is 5.98. The molecule has 0 saturated carbocycles. The molecule has 33 heavy (non-hydrogen) atoms. The first-order valence-corrected chi connectivity index (χ1v) is 10.7. The number of aliphatic hydroxyl groups is 1. The Labute approximate surface area is 190 Å². The maximum atomic E-state index is 14.9. The van der Waals surface area contributed by atoms with Crippen LogP contribution in [0.1, 0.15) is 34.8 Å². The van der Waals surface area contributed by atoms with Gasteiger partial charge in [-0.15, -0.1) is 0 Å². The van der Waals surface area contributed by atoms with Gasteiger partial charge >= 0.3 is 0 Å². The number of likely N-dealkylation sites (tertiary alicyclic amines) is 1. The molecule has 7 heteroatoms. The molecule has 2 aliphatic rings. The Morgan fingerprint density at radius 3 is 2.73 bits per heavy atom. The minimum absolute atomic E-state index is 0.000772. The van der Waals surface area contributed by atoms with Crippen LogP contribution in [0.5, 0.6) is 5.75 Å². The van der Waals surface area contributed by atoms with E-state index in [4.69, 9.17) is 4.74 Å². The predicted octanol–water partition coefficient (Wildman–Crippen LogP) is 4.17. The second-order valence-electron chi connectivity index (χ2n) is 8.04. The van der Waals surface area contributed by atoms with Crippen molar-refractivity contribution in [2.45, 2.75) is 25.4 Å². The lowest BCUT2D eigenvalue weighted by molar-refractivity contribution is -0.140.